The Kier molecular flexibility index (Phi) is 4.44. The van der Waals surface area contributed by atoms with Crippen LogP contribution < -0.4 is 10.5 Å². The van der Waals surface area contributed by atoms with Crippen LogP contribution in [0.25, 0.3) is 0 Å². The number of rotatable bonds is 4. The van der Waals surface area contributed by atoms with Gasteiger partial charge in [0.2, 0.25) is 10.0 Å². The van der Waals surface area contributed by atoms with E-state index in [0.29, 0.717) is 31.7 Å². The average Bonchev–Trinajstić information content (AvgIpc) is 2.39. The number of nitrogens with two attached hydrogens (primary N) is 1. The summed E-state index contributed by atoms with van der Waals surface area (Å²) in [6, 6.07) is 6.98. The number of anilines is 1. The third-order valence-corrected chi connectivity index (χ3v) is 5.39. The van der Waals surface area contributed by atoms with Gasteiger partial charge in [-0.15, -0.1) is 0 Å². The van der Waals surface area contributed by atoms with Gasteiger partial charge >= 0.3 is 0 Å². The molecule has 1 aromatic carbocycles. The second-order valence-electron chi connectivity index (χ2n) is 4.87. The van der Waals surface area contributed by atoms with Gasteiger partial charge in [0.05, 0.1) is 5.25 Å². The lowest BCUT2D eigenvalue weighted by Crippen LogP contribution is -2.39. The van der Waals surface area contributed by atoms with E-state index in [1.165, 1.54) is 0 Å². The van der Waals surface area contributed by atoms with E-state index in [-0.39, 0.29) is 11.3 Å². The van der Waals surface area contributed by atoms with E-state index >= 15 is 0 Å². The van der Waals surface area contributed by atoms with Gasteiger partial charge in [0.25, 0.3) is 0 Å². The monoisotopic (exact) mass is 284 g/mol. The van der Waals surface area contributed by atoms with E-state index in [1.807, 2.05) is 19.1 Å². The Labute approximate surface area is 114 Å². The summed E-state index contributed by atoms with van der Waals surface area (Å²) in [6.45, 7) is 2.85. The Morgan fingerprint density at radius 1 is 1.37 bits per heavy atom. The van der Waals surface area contributed by atoms with Crippen LogP contribution >= 0.6 is 0 Å². The summed E-state index contributed by atoms with van der Waals surface area (Å²) in [5.41, 5.74) is 7.21. The van der Waals surface area contributed by atoms with Crippen molar-refractivity contribution < 1.29 is 13.2 Å². The summed E-state index contributed by atoms with van der Waals surface area (Å²) in [6.07, 6.45) is 1.11. The molecule has 0 aliphatic carbocycles. The van der Waals surface area contributed by atoms with Crippen LogP contribution in [0.4, 0.5) is 5.69 Å². The maximum Gasteiger partial charge on any atom is 0.215 e. The molecule has 1 unspecified atom stereocenters. The fraction of sp³-hybridized carbons (Fsp3) is 0.538. The zero-order valence-corrected chi connectivity index (χ0v) is 11.8. The van der Waals surface area contributed by atoms with Crippen LogP contribution in [-0.4, -0.2) is 26.9 Å². The predicted octanol–water partition coefficient (Wildman–Crippen LogP) is 1.43. The molecule has 0 amide bonds. The molecule has 1 heterocycles. The van der Waals surface area contributed by atoms with E-state index < -0.39 is 10.0 Å². The van der Waals surface area contributed by atoms with Gasteiger partial charge in [0.15, 0.2) is 0 Å². The van der Waals surface area contributed by atoms with Gasteiger partial charge < -0.3 is 10.5 Å². The van der Waals surface area contributed by atoms with Gasteiger partial charge in [-0.1, -0.05) is 12.1 Å². The molecule has 0 saturated carbocycles. The second kappa shape index (κ2) is 5.90. The first-order valence-electron chi connectivity index (χ1n) is 6.43. The number of nitrogens with one attached hydrogen (secondary N) is 1. The van der Waals surface area contributed by atoms with Crippen molar-refractivity contribution in [3.8, 4) is 0 Å². The van der Waals surface area contributed by atoms with Crippen molar-refractivity contribution in [2.24, 2.45) is 0 Å². The number of nitrogen functional groups attached to an aromatic ring is 1. The zero-order chi connectivity index (χ0) is 13.9. The molecule has 3 N–H and O–H groups in total. The first kappa shape index (κ1) is 14.3. The van der Waals surface area contributed by atoms with E-state index in [4.69, 9.17) is 10.5 Å². The third kappa shape index (κ3) is 3.68. The number of hydrogen-bond donors (Lipinski definition) is 2. The molecular weight excluding hydrogens is 264 g/mol. The van der Waals surface area contributed by atoms with Crippen LogP contribution in [0.1, 0.15) is 31.4 Å². The number of benzene rings is 1. The Bertz CT molecular complexity index is 524. The Balaban J connectivity index is 2.07. The van der Waals surface area contributed by atoms with Crippen LogP contribution in [0.5, 0.6) is 0 Å². The van der Waals surface area contributed by atoms with Crippen LogP contribution in [0.2, 0.25) is 0 Å². The molecule has 0 spiro atoms. The van der Waals surface area contributed by atoms with E-state index in [1.54, 1.807) is 12.1 Å². The number of hydrogen-bond acceptors (Lipinski definition) is 4. The maximum absolute atomic E-state index is 12.3. The quantitative estimate of drug-likeness (QED) is 0.819. The summed E-state index contributed by atoms with van der Waals surface area (Å²) >= 11 is 0. The van der Waals surface area contributed by atoms with Gasteiger partial charge in [-0.05, 0) is 37.5 Å². The van der Waals surface area contributed by atoms with E-state index in [2.05, 4.69) is 4.72 Å². The lowest BCUT2D eigenvalue weighted by molar-refractivity contribution is 0.0981. The van der Waals surface area contributed by atoms with Crippen molar-refractivity contribution in [2.45, 2.75) is 31.1 Å². The van der Waals surface area contributed by atoms with Crippen molar-refractivity contribution in [3.63, 3.8) is 0 Å². The topological polar surface area (TPSA) is 81.4 Å². The molecule has 19 heavy (non-hydrogen) atoms. The first-order chi connectivity index (χ1) is 8.99. The SMILES string of the molecule is CC(NS(=O)(=O)C1CCOCC1)c1cccc(N)c1. The van der Waals surface area contributed by atoms with Crippen LogP contribution in [0.15, 0.2) is 24.3 Å². The molecule has 1 aliphatic rings. The number of ether oxygens (including phenoxy) is 1. The van der Waals surface area contributed by atoms with Crippen molar-refractivity contribution in [2.75, 3.05) is 18.9 Å². The van der Waals surface area contributed by atoms with E-state index in [0.717, 1.165) is 5.56 Å². The lowest BCUT2D eigenvalue weighted by atomic mass is 10.1. The Morgan fingerprint density at radius 2 is 2.05 bits per heavy atom. The highest BCUT2D eigenvalue weighted by molar-refractivity contribution is 7.90. The molecule has 1 aliphatic heterocycles. The molecule has 1 saturated heterocycles. The minimum Gasteiger partial charge on any atom is -0.399 e. The molecule has 1 fully saturated rings. The largest absolute Gasteiger partial charge is 0.399 e. The van der Waals surface area contributed by atoms with Gasteiger partial charge in [-0.25, -0.2) is 13.1 Å². The molecule has 0 radical (unpaired) electrons. The minimum atomic E-state index is -3.31. The highest BCUT2D eigenvalue weighted by Crippen LogP contribution is 2.20. The summed E-state index contributed by atoms with van der Waals surface area (Å²) in [5.74, 6) is 0. The van der Waals surface area contributed by atoms with Gasteiger partial charge in [0.1, 0.15) is 0 Å². The second-order valence-corrected chi connectivity index (χ2v) is 6.86. The van der Waals surface area contributed by atoms with Crippen LogP contribution in [0.3, 0.4) is 0 Å². The third-order valence-electron chi connectivity index (χ3n) is 3.36. The highest BCUT2D eigenvalue weighted by Gasteiger charge is 2.29. The molecule has 0 aromatic heterocycles. The van der Waals surface area contributed by atoms with Crippen molar-refractivity contribution in [1.82, 2.24) is 4.72 Å². The smallest absolute Gasteiger partial charge is 0.215 e. The maximum atomic E-state index is 12.3. The molecule has 0 bridgehead atoms. The van der Waals surface area contributed by atoms with Gasteiger partial charge in [0, 0.05) is 24.9 Å². The fourth-order valence-corrected chi connectivity index (χ4v) is 3.86. The molecule has 106 valence electrons. The molecule has 1 aromatic rings. The Hall–Kier alpha value is -1.11. The molecule has 2 rings (SSSR count). The summed E-state index contributed by atoms with van der Waals surface area (Å²) in [7, 11) is -3.31. The summed E-state index contributed by atoms with van der Waals surface area (Å²) in [4.78, 5) is 0. The Morgan fingerprint density at radius 3 is 2.68 bits per heavy atom. The molecule has 1 atom stereocenters. The van der Waals surface area contributed by atoms with Crippen molar-refractivity contribution in [3.05, 3.63) is 29.8 Å². The average molecular weight is 284 g/mol. The molecule has 6 heteroatoms. The summed E-state index contributed by atoms with van der Waals surface area (Å²) in [5, 5.41) is -0.357. The predicted molar refractivity (Wildman–Crippen MR) is 75.2 cm³/mol. The summed E-state index contributed by atoms with van der Waals surface area (Å²) < 4.78 is 32.4. The van der Waals surface area contributed by atoms with Gasteiger partial charge in [-0.3, -0.25) is 0 Å². The van der Waals surface area contributed by atoms with Crippen LogP contribution in [0, 0.1) is 0 Å². The minimum absolute atomic E-state index is 0.281. The van der Waals surface area contributed by atoms with Crippen molar-refractivity contribution >= 4 is 15.7 Å². The molecule has 5 nitrogen and oxygen atoms in total. The normalized spacial score (nSPS) is 19.2. The molecular formula is C13H20N2O3S. The standard InChI is InChI=1S/C13H20N2O3S/c1-10(11-3-2-4-12(14)9-11)15-19(16,17)13-5-7-18-8-6-13/h2-4,9-10,13,15H,5-8,14H2,1H3. The van der Waals surface area contributed by atoms with Crippen molar-refractivity contribution in [1.29, 1.82) is 0 Å². The first-order valence-corrected chi connectivity index (χ1v) is 7.98. The van der Waals surface area contributed by atoms with Gasteiger partial charge in [-0.2, -0.15) is 0 Å². The zero-order valence-electron chi connectivity index (χ0n) is 11.0. The fourth-order valence-electron chi connectivity index (χ4n) is 2.23. The van der Waals surface area contributed by atoms with E-state index in [9.17, 15) is 8.42 Å². The number of sulfonamides is 1. The lowest BCUT2D eigenvalue weighted by Gasteiger charge is -2.24. The van der Waals surface area contributed by atoms with Crippen LogP contribution in [-0.2, 0) is 14.8 Å². The highest BCUT2D eigenvalue weighted by atomic mass is 32.2.